The summed E-state index contributed by atoms with van der Waals surface area (Å²) in [6.07, 6.45) is 12.1. The van der Waals surface area contributed by atoms with E-state index in [1.54, 1.807) is 0 Å². The fraction of sp³-hybridized carbons (Fsp3) is 0.455. The van der Waals surface area contributed by atoms with Crippen LogP contribution in [0.25, 0.3) is 44.0 Å². The second-order valence-corrected chi connectivity index (χ2v) is 36.3. The van der Waals surface area contributed by atoms with E-state index in [4.69, 9.17) is 4.42 Å². The minimum Gasteiger partial charge on any atom is -0.469 e. The van der Waals surface area contributed by atoms with Crippen LogP contribution >= 0.6 is 0 Å². The van der Waals surface area contributed by atoms with Crippen molar-refractivity contribution in [2.24, 2.45) is 10.8 Å². The minimum absolute atomic E-state index is 0.0211. The fourth-order valence-electron chi connectivity index (χ4n) is 17.6. The van der Waals surface area contributed by atoms with Gasteiger partial charge in [0.1, 0.15) is 5.58 Å². The van der Waals surface area contributed by atoms with Crippen molar-refractivity contribution >= 4 is 85.2 Å². The molecule has 0 spiro atoms. The van der Waals surface area contributed by atoms with Crippen molar-refractivity contribution < 1.29 is 4.42 Å². The summed E-state index contributed by atoms with van der Waals surface area (Å²) < 4.78 is 10.6. The maximum Gasteiger partial charge on any atom is 0.244 e. The number of nitrogens with zero attached hydrogens (tertiary/aromatic N) is 3. The van der Waals surface area contributed by atoms with Gasteiger partial charge in [-0.3, -0.25) is 0 Å². The molecule has 2 aromatic heterocycles. The summed E-state index contributed by atoms with van der Waals surface area (Å²) in [6.45, 7) is 54.2. The van der Waals surface area contributed by atoms with Crippen molar-refractivity contribution in [3.05, 3.63) is 194 Å². The molecule has 5 heteroatoms. The van der Waals surface area contributed by atoms with Crippen LogP contribution in [0.5, 0.6) is 0 Å². The Bertz CT molecular complexity index is 4560. The normalized spacial score (nSPS) is 21.6. The number of aryl methyl sites for hydroxylation is 1. The van der Waals surface area contributed by atoms with Crippen LogP contribution in [0.1, 0.15) is 245 Å². The van der Waals surface area contributed by atoms with Crippen LogP contribution in [-0.2, 0) is 37.9 Å². The molecule has 15 rings (SSSR count). The highest BCUT2D eigenvalue weighted by atomic mass is 16.3. The molecule has 482 valence electrons. The molecule has 4 nitrogen and oxygen atoms in total. The first-order valence-electron chi connectivity index (χ1n) is 35.6. The lowest BCUT2D eigenvalue weighted by molar-refractivity contribution is 0.188. The van der Waals surface area contributed by atoms with Gasteiger partial charge in [0.2, 0.25) is 7.28 Å². The van der Waals surface area contributed by atoms with Crippen molar-refractivity contribution in [1.82, 2.24) is 4.57 Å². The van der Waals surface area contributed by atoms with Gasteiger partial charge >= 0.3 is 0 Å². The zero-order valence-electron chi connectivity index (χ0n) is 60.9. The van der Waals surface area contributed by atoms with Gasteiger partial charge in [-0.15, -0.1) is 0 Å². The Morgan fingerprint density at radius 1 is 0.484 bits per heavy atom. The fourth-order valence-corrected chi connectivity index (χ4v) is 17.6. The van der Waals surface area contributed by atoms with E-state index < -0.39 is 0 Å². The third-order valence-electron chi connectivity index (χ3n) is 24.8. The monoisotopic (exact) mass is 1230 g/mol. The van der Waals surface area contributed by atoms with Gasteiger partial charge in [0.25, 0.3) is 0 Å². The van der Waals surface area contributed by atoms with Crippen LogP contribution in [0.3, 0.4) is 0 Å². The SMILES string of the molecule is CC1=C(/C=C(\CN2c3cc(-n4c5cc(C(C)(C)C)ccc5c5ccc(C(C)(C)C)cc54)cc(c3C)N(c3cc4c(cc3C)C(C)(C)CCC4(C)C)c3cc(C(C)(C)C)ccc3Bc3oc4cc5c(cc4c32)C2(C)CCC5(C)CC2)c2ccccc2)C(C)(C)CCC1(C)C. The molecular formula is C88H106BN3O. The first kappa shape index (κ1) is 63.4. The second-order valence-electron chi connectivity index (χ2n) is 36.3. The van der Waals surface area contributed by atoms with Gasteiger partial charge in [0.15, 0.2) is 0 Å². The Hall–Kier alpha value is -6.98. The number of hydrogen-bond donors (Lipinski definition) is 0. The number of fused-ring (bicyclic) bond motifs is 12. The highest BCUT2D eigenvalue weighted by Gasteiger charge is 2.49. The van der Waals surface area contributed by atoms with E-state index in [-0.39, 0.29) is 48.7 Å². The summed E-state index contributed by atoms with van der Waals surface area (Å²) in [5.41, 5.74) is 30.8. The molecular weight excluding hydrogens is 1130 g/mol. The van der Waals surface area contributed by atoms with E-state index in [0.717, 1.165) is 36.2 Å². The van der Waals surface area contributed by atoms with Crippen LogP contribution in [0.15, 0.2) is 143 Å². The first-order chi connectivity index (χ1) is 43.4. The van der Waals surface area contributed by atoms with Gasteiger partial charge < -0.3 is 18.8 Å². The summed E-state index contributed by atoms with van der Waals surface area (Å²) in [5, 5.41) is 3.76. The lowest BCUT2D eigenvalue weighted by atomic mass is 9.52. The number of aromatic nitrogens is 1. The van der Waals surface area contributed by atoms with Crippen molar-refractivity contribution in [3.63, 3.8) is 0 Å². The number of anilines is 5. The summed E-state index contributed by atoms with van der Waals surface area (Å²) in [4.78, 5) is 5.53. The highest BCUT2D eigenvalue weighted by Crippen LogP contribution is 2.59. The predicted molar refractivity (Wildman–Crippen MR) is 403 cm³/mol. The van der Waals surface area contributed by atoms with E-state index in [9.17, 15) is 0 Å². The Labute approximate surface area is 559 Å². The van der Waals surface area contributed by atoms with Gasteiger partial charge in [-0.05, 0) is 236 Å². The molecule has 0 unspecified atom stereocenters. The summed E-state index contributed by atoms with van der Waals surface area (Å²) in [5.74, 6) is 0. The highest BCUT2D eigenvalue weighted by molar-refractivity contribution is 6.70. The number of rotatable bonds is 6. The molecule has 1 saturated carbocycles. The lowest BCUT2D eigenvalue weighted by Gasteiger charge is -2.52. The van der Waals surface area contributed by atoms with Crippen LogP contribution < -0.4 is 20.9 Å². The molecule has 1 aliphatic heterocycles. The maximum absolute atomic E-state index is 7.89. The molecule has 0 saturated heterocycles. The number of furan rings is 1. The Kier molecular flexibility index (Phi) is 14.3. The van der Waals surface area contributed by atoms with Crippen LogP contribution in [0.2, 0.25) is 0 Å². The van der Waals surface area contributed by atoms with Gasteiger partial charge in [0, 0.05) is 39.8 Å². The second kappa shape index (κ2) is 21.0. The zero-order chi connectivity index (χ0) is 66.4. The number of allylic oxidation sites excluding steroid dienone is 3. The molecule has 3 heterocycles. The van der Waals surface area contributed by atoms with E-state index >= 15 is 0 Å². The van der Waals surface area contributed by atoms with E-state index in [1.165, 1.54) is 166 Å². The summed E-state index contributed by atoms with van der Waals surface area (Å²) in [7, 11) is 0.614. The molecule has 6 aliphatic rings. The summed E-state index contributed by atoms with van der Waals surface area (Å²) >= 11 is 0. The van der Waals surface area contributed by atoms with Crippen LogP contribution in [0.4, 0.5) is 28.4 Å². The van der Waals surface area contributed by atoms with E-state index in [2.05, 4.69) is 294 Å². The molecule has 1 fully saturated rings. The molecule has 0 atom stereocenters. The number of hydrogen-bond acceptors (Lipinski definition) is 3. The van der Waals surface area contributed by atoms with Crippen molar-refractivity contribution in [3.8, 4) is 5.69 Å². The Balaban J connectivity index is 1.19. The van der Waals surface area contributed by atoms with Crippen molar-refractivity contribution in [2.75, 3.05) is 16.3 Å². The third kappa shape index (κ3) is 10.3. The smallest absolute Gasteiger partial charge is 0.244 e. The van der Waals surface area contributed by atoms with Gasteiger partial charge in [-0.1, -0.05) is 221 Å². The predicted octanol–water partition coefficient (Wildman–Crippen LogP) is 23.0. The first-order valence-corrected chi connectivity index (χ1v) is 35.6. The maximum atomic E-state index is 7.89. The van der Waals surface area contributed by atoms with Crippen LogP contribution in [-0.4, -0.2) is 18.4 Å². The minimum atomic E-state index is -0.129. The molecule has 0 N–H and O–H groups in total. The molecule has 4 bridgehead atoms. The molecule has 0 amide bonds. The van der Waals surface area contributed by atoms with E-state index in [1.807, 2.05) is 0 Å². The third-order valence-corrected chi connectivity index (χ3v) is 24.8. The average Bonchev–Trinajstić information content (AvgIpc) is 1.64. The average molecular weight is 1230 g/mol. The van der Waals surface area contributed by atoms with E-state index in [0.29, 0.717) is 13.8 Å². The molecule has 7 aromatic carbocycles. The van der Waals surface area contributed by atoms with Crippen molar-refractivity contribution in [2.45, 2.75) is 242 Å². The standard InChI is InChI=1S/C88H106BN3O/c1-53-42-66-67(86(19,20)37-36-85(66,17)18)50-71(53)92-73-48-61(91-74-44-58(80(4,5)6)28-31-62(74)63-32-29-59(45-75(63)91)81(7,8)9)47-72(54(73)2)90(52-57(56-26-24-23-25-27-56)43-65-55(3)83(13,14)34-35-84(65,15)16)78-64-49-68-69(88(22)40-38-87(68,21)39-41-88)51-77(64)93-79(78)89-70-33-30-60(46-76(70)92)82(10,11)12/h23-33,42-51,89H,34-41,52H2,1-22H3/b57-43+. The van der Waals surface area contributed by atoms with Crippen LogP contribution in [0, 0.1) is 24.7 Å². The molecule has 0 radical (unpaired) electrons. The Morgan fingerprint density at radius 3 is 1.58 bits per heavy atom. The largest absolute Gasteiger partial charge is 0.469 e. The van der Waals surface area contributed by atoms with Gasteiger partial charge in [-0.2, -0.15) is 0 Å². The lowest BCUT2D eigenvalue weighted by Crippen LogP contribution is -2.44. The topological polar surface area (TPSA) is 24.6 Å². The quantitative estimate of drug-likeness (QED) is 0.155. The van der Waals surface area contributed by atoms with Gasteiger partial charge in [0.05, 0.1) is 33.8 Å². The Morgan fingerprint density at radius 2 is 1.00 bits per heavy atom. The molecule has 9 aromatic rings. The molecule has 5 aliphatic carbocycles. The molecule has 93 heavy (non-hydrogen) atoms. The van der Waals surface area contributed by atoms with Gasteiger partial charge in [-0.25, -0.2) is 0 Å². The summed E-state index contributed by atoms with van der Waals surface area (Å²) in [6, 6.07) is 49.2. The number of benzene rings is 7. The van der Waals surface area contributed by atoms with Crippen molar-refractivity contribution in [1.29, 1.82) is 0 Å². The zero-order valence-corrected chi connectivity index (χ0v) is 60.9.